The lowest BCUT2D eigenvalue weighted by atomic mass is 9.95. The van der Waals surface area contributed by atoms with Crippen LogP contribution in [0.25, 0.3) is 10.9 Å². The average molecular weight is 437 g/mol. The van der Waals surface area contributed by atoms with E-state index in [1.807, 2.05) is 35.9 Å². The van der Waals surface area contributed by atoms with Crippen LogP contribution in [0.4, 0.5) is 0 Å². The van der Waals surface area contributed by atoms with Crippen molar-refractivity contribution in [2.24, 2.45) is 5.92 Å². The molecule has 1 N–H and O–H groups in total. The van der Waals surface area contributed by atoms with Crippen LogP contribution in [-0.4, -0.2) is 49.8 Å². The number of piperidine rings is 1. The largest absolute Gasteiger partial charge is 0.494 e. The van der Waals surface area contributed by atoms with Crippen molar-refractivity contribution >= 4 is 10.9 Å². The van der Waals surface area contributed by atoms with E-state index in [0.717, 1.165) is 61.2 Å². The Labute approximate surface area is 188 Å². The Hall–Kier alpha value is -2.74. The molecule has 2 aromatic heterocycles. The van der Waals surface area contributed by atoms with Gasteiger partial charge in [-0.1, -0.05) is 19.8 Å². The standard InChI is InChI=1S/C24H32N6O2/c1-3-32-19-8-9-21-17(14-19)15-20(24(31)25-21)22(29-12-10-16(2)11-13-29)23-26-27-28-30(23)18-6-4-5-7-18/h8-9,14-16,18,22H,3-7,10-13H2,1-2H3,(H,25,31)/t22-/m0/s1. The van der Waals surface area contributed by atoms with Gasteiger partial charge in [0.05, 0.1) is 12.6 Å². The molecule has 1 aliphatic carbocycles. The summed E-state index contributed by atoms with van der Waals surface area (Å²) in [6.07, 6.45) is 6.81. The molecule has 0 unspecified atom stereocenters. The third-order valence-electron chi connectivity index (χ3n) is 7.07. The average Bonchev–Trinajstić information content (AvgIpc) is 3.48. The van der Waals surface area contributed by atoms with Gasteiger partial charge in [0, 0.05) is 16.5 Å². The van der Waals surface area contributed by atoms with E-state index in [9.17, 15) is 4.79 Å². The topological polar surface area (TPSA) is 88.9 Å². The molecule has 1 aromatic carbocycles. The van der Waals surface area contributed by atoms with Crippen LogP contribution in [0.15, 0.2) is 29.1 Å². The highest BCUT2D eigenvalue weighted by Gasteiger charge is 2.34. The van der Waals surface area contributed by atoms with Gasteiger partial charge in [-0.05, 0) is 86.3 Å². The van der Waals surface area contributed by atoms with Gasteiger partial charge in [-0.25, -0.2) is 4.68 Å². The molecule has 2 fully saturated rings. The number of aromatic amines is 1. The fraction of sp³-hybridized carbons (Fsp3) is 0.583. The molecule has 170 valence electrons. The minimum Gasteiger partial charge on any atom is -0.494 e. The molecule has 1 saturated heterocycles. The summed E-state index contributed by atoms with van der Waals surface area (Å²) in [4.78, 5) is 18.8. The summed E-state index contributed by atoms with van der Waals surface area (Å²) in [7, 11) is 0. The van der Waals surface area contributed by atoms with Crippen molar-refractivity contribution in [2.75, 3.05) is 19.7 Å². The minimum atomic E-state index is -0.262. The highest BCUT2D eigenvalue weighted by molar-refractivity contribution is 5.80. The molecule has 8 heteroatoms. The third kappa shape index (κ3) is 4.03. The van der Waals surface area contributed by atoms with E-state index < -0.39 is 0 Å². The summed E-state index contributed by atoms with van der Waals surface area (Å²) in [5, 5.41) is 13.9. The number of rotatable bonds is 6. The number of H-pyrrole nitrogens is 1. The molecule has 3 aromatic rings. The van der Waals surface area contributed by atoms with Crippen LogP contribution in [0.1, 0.15) is 75.8 Å². The number of hydrogen-bond acceptors (Lipinski definition) is 6. The van der Waals surface area contributed by atoms with Gasteiger partial charge in [-0.2, -0.15) is 0 Å². The summed E-state index contributed by atoms with van der Waals surface area (Å²) in [5.74, 6) is 2.29. The summed E-state index contributed by atoms with van der Waals surface area (Å²) < 4.78 is 7.69. The molecule has 0 radical (unpaired) electrons. The van der Waals surface area contributed by atoms with E-state index in [-0.39, 0.29) is 11.6 Å². The maximum Gasteiger partial charge on any atom is 0.253 e. The van der Waals surface area contributed by atoms with Crippen molar-refractivity contribution in [3.05, 3.63) is 46.0 Å². The van der Waals surface area contributed by atoms with Gasteiger partial charge < -0.3 is 9.72 Å². The SMILES string of the molecule is CCOc1ccc2[nH]c(=O)c([C@@H](c3nnnn3C3CCCC3)N3CCC(C)CC3)cc2c1. The number of pyridine rings is 1. The molecule has 0 amide bonds. The number of tetrazole rings is 1. The maximum absolute atomic E-state index is 13.3. The van der Waals surface area contributed by atoms with E-state index in [1.165, 1.54) is 12.8 Å². The van der Waals surface area contributed by atoms with Gasteiger partial charge in [0.25, 0.3) is 5.56 Å². The number of nitrogens with one attached hydrogen (secondary N) is 1. The first-order valence-corrected chi connectivity index (χ1v) is 12.0. The number of benzene rings is 1. The van der Waals surface area contributed by atoms with Crippen LogP contribution in [-0.2, 0) is 0 Å². The van der Waals surface area contributed by atoms with Crippen molar-refractivity contribution in [1.82, 2.24) is 30.1 Å². The van der Waals surface area contributed by atoms with Gasteiger partial charge in [-0.3, -0.25) is 9.69 Å². The Kier molecular flexibility index (Phi) is 5.95. The number of aromatic nitrogens is 5. The lowest BCUT2D eigenvalue weighted by Gasteiger charge is -2.36. The summed E-state index contributed by atoms with van der Waals surface area (Å²) in [6.45, 7) is 6.73. The fourth-order valence-electron chi connectivity index (χ4n) is 5.24. The Morgan fingerprint density at radius 2 is 1.94 bits per heavy atom. The van der Waals surface area contributed by atoms with E-state index in [0.29, 0.717) is 24.1 Å². The third-order valence-corrected chi connectivity index (χ3v) is 7.07. The Bertz CT molecular complexity index is 1120. The highest BCUT2D eigenvalue weighted by atomic mass is 16.5. The molecule has 2 aliphatic rings. The zero-order valence-corrected chi connectivity index (χ0v) is 19.0. The summed E-state index contributed by atoms with van der Waals surface area (Å²) in [6, 6.07) is 7.86. The van der Waals surface area contributed by atoms with Gasteiger partial charge >= 0.3 is 0 Å². The van der Waals surface area contributed by atoms with Crippen LogP contribution in [0.3, 0.4) is 0 Å². The predicted octanol–water partition coefficient (Wildman–Crippen LogP) is 3.85. The molecule has 5 rings (SSSR count). The molecule has 1 aliphatic heterocycles. The zero-order chi connectivity index (χ0) is 22.1. The molecular weight excluding hydrogens is 404 g/mol. The van der Waals surface area contributed by atoms with Crippen LogP contribution in [0.5, 0.6) is 5.75 Å². The van der Waals surface area contributed by atoms with Crippen LogP contribution in [0.2, 0.25) is 0 Å². The van der Waals surface area contributed by atoms with Crippen molar-refractivity contribution in [3.8, 4) is 5.75 Å². The van der Waals surface area contributed by atoms with E-state index >= 15 is 0 Å². The van der Waals surface area contributed by atoms with Crippen LogP contribution in [0, 0.1) is 5.92 Å². The van der Waals surface area contributed by atoms with Crippen molar-refractivity contribution in [3.63, 3.8) is 0 Å². The Balaban J connectivity index is 1.62. The van der Waals surface area contributed by atoms with E-state index in [4.69, 9.17) is 4.74 Å². The Morgan fingerprint density at radius 3 is 2.69 bits per heavy atom. The van der Waals surface area contributed by atoms with Crippen LogP contribution < -0.4 is 10.3 Å². The Morgan fingerprint density at radius 1 is 1.16 bits per heavy atom. The van der Waals surface area contributed by atoms with Gasteiger partial charge in [0.2, 0.25) is 0 Å². The zero-order valence-electron chi connectivity index (χ0n) is 19.0. The number of likely N-dealkylation sites (tertiary alicyclic amines) is 1. The van der Waals surface area contributed by atoms with Crippen molar-refractivity contribution in [1.29, 1.82) is 0 Å². The first kappa shape index (κ1) is 21.1. The van der Waals surface area contributed by atoms with Gasteiger partial charge in [0.15, 0.2) is 5.82 Å². The fourth-order valence-corrected chi connectivity index (χ4v) is 5.24. The lowest BCUT2D eigenvalue weighted by molar-refractivity contribution is 0.147. The molecule has 1 atom stereocenters. The number of ether oxygens (including phenoxy) is 1. The molecule has 0 spiro atoms. The van der Waals surface area contributed by atoms with E-state index in [1.54, 1.807) is 0 Å². The second-order valence-electron chi connectivity index (χ2n) is 9.28. The lowest BCUT2D eigenvalue weighted by Crippen LogP contribution is -2.40. The first-order valence-electron chi connectivity index (χ1n) is 12.0. The number of hydrogen-bond donors (Lipinski definition) is 1. The number of fused-ring (bicyclic) bond motifs is 1. The second kappa shape index (κ2) is 9.02. The normalized spacial score (nSPS) is 19.6. The van der Waals surface area contributed by atoms with Crippen molar-refractivity contribution < 1.29 is 4.74 Å². The quantitative estimate of drug-likeness (QED) is 0.631. The van der Waals surface area contributed by atoms with Crippen molar-refractivity contribution in [2.45, 2.75) is 64.5 Å². The first-order chi connectivity index (χ1) is 15.6. The molecule has 3 heterocycles. The second-order valence-corrected chi connectivity index (χ2v) is 9.28. The van der Waals surface area contributed by atoms with Gasteiger partial charge in [-0.15, -0.1) is 5.10 Å². The van der Waals surface area contributed by atoms with E-state index in [2.05, 4.69) is 32.3 Å². The monoisotopic (exact) mass is 436 g/mol. The highest BCUT2D eigenvalue weighted by Crippen LogP contribution is 2.35. The summed E-state index contributed by atoms with van der Waals surface area (Å²) in [5.41, 5.74) is 1.43. The minimum absolute atomic E-state index is 0.0775. The molecule has 1 saturated carbocycles. The number of nitrogens with zero attached hydrogens (tertiary/aromatic N) is 5. The molecular formula is C24H32N6O2. The smallest absolute Gasteiger partial charge is 0.253 e. The molecule has 32 heavy (non-hydrogen) atoms. The molecule has 0 bridgehead atoms. The van der Waals surface area contributed by atoms with Crippen LogP contribution >= 0.6 is 0 Å². The predicted molar refractivity (Wildman–Crippen MR) is 123 cm³/mol. The molecule has 8 nitrogen and oxygen atoms in total. The van der Waals surface area contributed by atoms with Gasteiger partial charge in [0.1, 0.15) is 11.8 Å². The maximum atomic E-state index is 13.3. The summed E-state index contributed by atoms with van der Waals surface area (Å²) >= 11 is 0.